The van der Waals surface area contributed by atoms with Crippen LogP contribution < -0.4 is 5.73 Å². The third kappa shape index (κ3) is 3.09. The molecule has 0 bridgehead atoms. The molecule has 2 N–H and O–H groups in total. The van der Waals surface area contributed by atoms with Gasteiger partial charge in [0.25, 0.3) is 0 Å². The first-order chi connectivity index (χ1) is 8.58. The van der Waals surface area contributed by atoms with Crippen LogP contribution in [-0.4, -0.2) is 24.0 Å². The van der Waals surface area contributed by atoms with E-state index in [1.54, 1.807) is 12.1 Å². The van der Waals surface area contributed by atoms with E-state index in [4.69, 9.17) is 5.73 Å². The van der Waals surface area contributed by atoms with Crippen molar-refractivity contribution < 1.29 is 4.39 Å². The molecule has 1 aromatic rings. The molecule has 1 aliphatic heterocycles. The Morgan fingerprint density at radius 3 is 2.94 bits per heavy atom. The molecule has 3 unspecified atom stereocenters. The lowest BCUT2D eigenvalue weighted by Gasteiger charge is -2.39. The van der Waals surface area contributed by atoms with Gasteiger partial charge in [0.05, 0.1) is 0 Å². The van der Waals surface area contributed by atoms with Crippen molar-refractivity contribution in [1.82, 2.24) is 4.90 Å². The summed E-state index contributed by atoms with van der Waals surface area (Å²) in [6.45, 7) is 6.48. The molecule has 0 aliphatic carbocycles. The highest BCUT2D eigenvalue weighted by Gasteiger charge is 2.26. The zero-order chi connectivity index (χ0) is 13.1. The fraction of sp³-hybridized carbons (Fsp3) is 0.600. The number of rotatable bonds is 3. The number of nitrogens with two attached hydrogens (primary N) is 1. The van der Waals surface area contributed by atoms with Crippen LogP contribution in [0.5, 0.6) is 0 Å². The van der Waals surface area contributed by atoms with Gasteiger partial charge in [-0.2, -0.15) is 0 Å². The summed E-state index contributed by atoms with van der Waals surface area (Å²) in [5, 5.41) is 0. The van der Waals surface area contributed by atoms with Crippen LogP contribution in [-0.2, 0) is 0 Å². The maximum absolute atomic E-state index is 13.2. The van der Waals surface area contributed by atoms with Crippen molar-refractivity contribution in [3.63, 3.8) is 0 Å². The van der Waals surface area contributed by atoms with Gasteiger partial charge in [-0.25, -0.2) is 4.39 Å². The molecule has 2 nitrogen and oxygen atoms in total. The van der Waals surface area contributed by atoms with Crippen LogP contribution in [0, 0.1) is 11.7 Å². The average molecular weight is 250 g/mol. The third-order valence-corrected chi connectivity index (χ3v) is 4.21. The predicted molar refractivity (Wildman–Crippen MR) is 72.8 cm³/mol. The summed E-state index contributed by atoms with van der Waals surface area (Å²) < 4.78 is 13.2. The zero-order valence-corrected chi connectivity index (χ0v) is 11.3. The van der Waals surface area contributed by atoms with Crippen LogP contribution in [0.25, 0.3) is 0 Å². The van der Waals surface area contributed by atoms with Crippen molar-refractivity contribution in [3.05, 3.63) is 35.6 Å². The first-order valence-electron chi connectivity index (χ1n) is 6.83. The fourth-order valence-electron chi connectivity index (χ4n) is 2.77. The third-order valence-electron chi connectivity index (χ3n) is 4.21. The topological polar surface area (TPSA) is 29.3 Å². The van der Waals surface area contributed by atoms with Crippen LogP contribution in [0.1, 0.15) is 38.3 Å². The molecule has 0 aromatic heterocycles. The normalized spacial score (nSPS) is 27.1. The second kappa shape index (κ2) is 5.81. The first kappa shape index (κ1) is 13.5. The van der Waals surface area contributed by atoms with Gasteiger partial charge in [0.2, 0.25) is 0 Å². The number of hydrogen-bond acceptors (Lipinski definition) is 2. The Labute approximate surface area is 109 Å². The number of benzene rings is 1. The molecule has 100 valence electrons. The molecule has 1 saturated heterocycles. The summed E-state index contributed by atoms with van der Waals surface area (Å²) in [5.41, 5.74) is 7.08. The van der Waals surface area contributed by atoms with E-state index in [0.29, 0.717) is 6.04 Å². The lowest BCUT2D eigenvalue weighted by atomic mass is 9.91. The van der Waals surface area contributed by atoms with E-state index in [9.17, 15) is 4.39 Å². The summed E-state index contributed by atoms with van der Waals surface area (Å²) in [4.78, 5) is 2.43. The molecule has 0 saturated carbocycles. The van der Waals surface area contributed by atoms with E-state index < -0.39 is 0 Å². The number of piperidine rings is 1. The Balaban J connectivity index is 2.00. The van der Waals surface area contributed by atoms with Crippen LogP contribution in [0.3, 0.4) is 0 Å². The maximum Gasteiger partial charge on any atom is 0.123 e. The average Bonchev–Trinajstić information content (AvgIpc) is 2.35. The highest BCUT2D eigenvalue weighted by atomic mass is 19.1. The summed E-state index contributed by atoms with van der Waals surface area (Å²) in [6, 6.07) is 7.11. The zero-order valence-electron chi connectivity index (χ0n) is 11.3. The van der Waals surface area contributed by atoms with E-state index in [1.165, 1.54) is 18.9 Å². The van der Waals surface area contributed by atoms with Gasteiger partial charge in [-0.15, -0.1) is 0 Å². The number of hydrogen-bond donors (Lipinski definition) is 1. The van der Waals surface area contributed by atoms with Crippen molar-refractivity contribution in [2.75, 3.05) is 13.1 Å². The van der Waals surface area contributed by atoms with E-state index in [-0.39, 0.29) is 11.9 Å². The molecule has 0 amide bonds. The molecular weight excluding hydrogens is 227 g/mol. The van der Waals surface area contributed by atoms with Gasteiger partial charge >= 0.3 is 0 Å². The molecule has 0 spiro atoms. The summed E-state index contributed by atoms with van der Waals surface area (Å²) in [7, 11) is 0. The lowest BCUT2D eigenvalue weighted by molar-refractivity contribution is 0.107. The molecule has 1 aromatic carbocycles. The van der Waals surface area contributed by atoms with Crippen molar-refractivity contribution >= 4 is 0 Å². The number of halogens is 1. The minimum Gasteiger partial charge on any atom is -0.323 e. The Kier molecular flexibility index (Phi) is 4.36. The van der Waals surface area contributed by atoms with Gasteiger partial charge in [-0.1, -0.05) is 19.1 Å². The standard InChI is InChI=1S/C15H23FN2/c1-11-5-4-8-18(12(11)2)10-15(17)13-6-3-7-14(16)9-13/h3,6-7,9,11-12,15H,4-5,8,10,17H2,1-2H3. The lowest BCUT2D eigenvalue weighted by Crippen LogP contribution is -2.45. The smallest absolute Gasteiger partial charge is 0.123 e. The maximum atomic E-state index is 13.2. The second-order valence-corrected chi connectivity index (χ2v) is 5.52. The minimum atomic E-state index is -0.206. The van der Waals surface area contributed by atoms with Crippen LogP contribution in [0.15, 0.2) is 24.3 Å². The monoisotopic (exact) mass is 250 g/mol. The van der Waals surface area contributed by atoms with Crippen molar-refractivity contribution in [1.29, 1.82) is 0 Å². The van der Waals surface area contributed by atoms with Crippen LogP contribution in [0.2, 0.25) is 0 Å². The Morgan fingerprint density at radius 2 is 2.22 bits per heavy atom. The Morgan fingerprint density at radius 1 is 1.44 bits per heavy atom. The molecule has 3 heteroatoms. The van der Waals surface area contributed by atoms with Crippen molar-refractivity contribution in [2.45, 2.75) is 38.8 Å². The van der Waals surface area contributed by atoms with Gasteiger partial charge in [0.15, 0.2) is 0 Å². The van der Waals surface area contributed by atoms with Gasteiger partial charge in [-0.3, -0.25) is 4.90 Å². The van der Waals surface area contributed by atoms with E-state index in [1.807, 2.05) is 6.07 Å². The SMILES string of the molecule is CC1CCCN(CC(N)c2cccc(F)c2)C1C. The predicted octanol–water partition coefficient (Wildman–Crippen LogP) is 2.95. The van der Waals surface area contributed by atoms with Crippen molar-refractivity contribution in [3.8, 4) is 0 Å². The largest absolute Gasteiger partial charge is 0.323 e. The fourth-order valence-corrected chi connectivity index (χ4v) is 2.77. The van der Waals surface area contributed by atoms with Crippen LogP contribution >= 0.6 is 0 Å². The molecule has 2 rings (SSSR count). The molecular formula is C15H23FN2. The number of likely N-dealkylation sites (tertiary alicyclic amines) is 1. The summed E-state index contributed by atoms with van der Waals surface area (Å²) >= 11 is 0. The van der Waals surface area contributed by atoms with E-state index in [2.05, 4.69) is 18.7 Å². The Hall–Kier alpha value is -0.930. The van der Waals surface area contributed by atoms with Crippen molar-refractivity contribution in [2.24, 2.45) is 11.7 Å². The quantitative estimate of drug-likeness (QED) is 0.893. The molecule has 1 heterocycles. The second-order valence-electron chi connectivity index (χ2n) is 5.52. The van der Waals surface area contributed by atoms with E-state index >= 15 is 0 Å². The molecule has 1 fully saturated rings. The molecule has 1 aliphatic rings. The molecule has 0 radical (unpaired) electrons. The highest BCUT2D eigenvalue weighted by molar-refractivity contribution is 5.20. The Bertz CT molecular complexity index is 394. The van der Waals surface area contributed by atoms with Gasteiger partial charge in [0, 0.05) is 18.6 Å². The van der Waals surface area contributed by atoms with E-state index in [0.717, 1.165) is 24.6 Å². The molecule has 3 atom stereocenters. The van der Waals surface area contributed by atoms with Gasteiger partial charge < -0.3 is 5.73 Å². The van der Waals surface area contributed by atoms with Crippen LogP contribution in [0.4, 0.5) is 4.39 Å². The summed E-state index contributed by atoms with van der Waals surface area (Å²) in [6.07, 6.45) is 2.54. The summed E-state index contributed by atoms with van der Waals surface area (Å²) in [5.74, 6) is 0.515. The van der Waals surface area contributed by atoms with Gasteiger partial charge in [-0.05, 0) is 49.9 Å². The van der Waals surface area contributed by atoms with Gasteiger partial charge in [0.1, 0.15) is 5.82 Å². The first-order valence-corrected chi connectivity index (χ1v) is 6.83. The molecule has 18 heavy (non-hydrogen) atoms. The minimum absolute atomic E-state index is 0.103. The number of nitrogens with zero attached hydrogens (tertiary/aromatic N) is 1. The highest BCUT2D eigenvalue weighted by Crippen LogP contribution is 2.24.